The van der Waals surface area contributed by atoms with Crippen molar-refractivity contribution in [1.82, 2.24) is 9.88 Å². The number of aromatic nitrogens is 1. The van der Waals surface area contributed by atoms with Gasteiger partial charge in [-0.25, -0.2) is 4.98 Å². The molecular formula is C26H27N3O4S. The number of amides is 2. The smallest absolute Gasteiger partial charge is 0.256 e. The molecule has 1 aromatic heterocycles. The summed E-state index contributed by atoms with van der Waals surface area (Å²) in [6.07, 6.45) is 4.82. The van der Waals surface area contributed by atoms with Crippen LogP contribution in [0.3, 0.4) is 0 Å². The quantitative estimate of drug-likeness (QED) is 0.508. The predicted octanol–water partition coefficient (Wildman–Crippen LogP) is 5.13. The molecule has 7 nitrogen and oxygen atoms in total. The molecule has 0 radical (unpaired) electrons. The van der Waals surface area contributed by atoms with Gasteiger partial charge in [0.15, 0.2) is 11.5 Å². The van der Waals surface area contributed by atoms with Crippen LogP contribution in [0.25, 0.3) is 0 Å². The number of rotatable bonds is 7. The van der Waals surface area contributed by atoms with E-state index in [1.807, 2.05) is 35.2 Å². The number of carbonyl (C=O) groups is 2. The zero-order valence-corrected chi connectivity index (χ0v) is 20.1. The Kier molecular flexibility index (Phi) is 7.69. The SMILES string of the molecule is COc1cc(NC(=O)c2ccc(Sc3ccccn3)cc2)c(C(=O)N2CCCCC2)cc1OC. The van der Waals surface area contributed by atoms with Crippen LogP contribution in [0, 0.1) is 0 Å². The van der Waals surface area contributed by atoms with Gasteiger partial charge in [0.1, 0.15) is 5.03 Å². The summed E-state index contributed by atoms with van der Waals surface area (Å²) in [5.41, 5.74) is 1.26. The van der Waals surface area contributed by atoms with E-state index < -0.39 is 0 Å². The number of anilines is 1. The number of pyridine rings is 1. The fourth-order valence-corrected chi connectivity index (χ4v) is 4.60. The Bertz CT molecular complexity index is 1150. The third-order valence-electron chi connectivity index (χ3n) is 5.62. The van der Waals surface area contributed by atoms with Crippen LogP contribution in [0.4, 0.5) is 5.69 Å². The Balaban J connectivity index is 1.56. The first-order chi connectivity index (χ1) is 16.6. The second-order valence-electron chi connectivity index (χ2n) is 7.85. The highest BCUT2D eigenvalue weighted by molar-refractivity contribution is 7.99. The van der Waals surface area contributed by atoms with Crippen molar-refractivity contribution < 1.29 is 19.1 Å². The van der Waals surface area contributed by atoms with Crippen molar-refractivity contribution in [3.63, 3.8) is 0 Å². The highest BCUT2D eigenvalue weighted by Gasteiger charge is 2.24. The summed E-state index contributed by atoms with van der Waals surface area (Å²) in [6.45, 7) is 1.41. The minimum atomic E-state index is -0.311. The number of methoxy groups -OCH3 is 2. The highest BCUT2D eigenvalue weighted by Crippen LogP contribution is 2.35. The van der Waals surface area contributed by atoms with Gasteiger partial charge in [-0.2, -0.15) is 0 Å². The molecule has 1 fully saturated rings. The lowest BCUT2D eigenvalue weighted by molar-refractivity contribution is 0.0725. The van der Waals surface area contributed by atoms with Crippen molar-refractivity contribution in [1.29, 1.82) is 0 Å². The maximum atomic E-state index is 13.3. The lowest BCUT2D eigenvalue weighted by Crippen LogP contribution is -2.36. The fraction of sp³-hybridized carbons (Fsp3) is 0.269. The van der Waals surface area contributed by atoms with Crippen LogP contribution >= 0.6 is 11.8 Å². The molecule has 0 spiro atoms. The summed E-state index contributed by atoms with van der Waals surface area (Å²) in [4.78, 5) is 33.5. The number of likely N-dealkylation sites (tertiary alicyclic amines) is 1. The Labute approximate surface area is 203 Å². The molecule has 2 aromatic carbocycles. The number of piperidine rings is 1. The molecule has 34 heavy (non-hydrogen) atoms. The molecule has 0 atom stereocenters. The summed E-state index contributed by atoms with van der Waals surface area (Å²) in [7, 11) is 3.04. The van der Waals surface area contributed by atoms with Crippen molar-refractivity contribution in [3.8, 4) is 11.5 Å². The lowest BCUT2D eigenvalue weighted by Gasteiger charge is -2.28. The van der Waals surface area contributed by atoms with Gasteiger partial charge < -0.3 is 19.7 Å². The number of nitrogens with zero attached hydrogens (tertiary/aromatic N) is 2. The molecule has 0 aliphatic carbocycles. The molecule has 3 aromatic rings. The van der Waals surface area contributed by atoms with Crippen LogP contribution in [0.5, 0.6) is 11.5 Å². The van der Waals surface area contributed by atoms with Crippen LogP contribution in [-0.4, -0.2) is 49.0 Å². The van der Waals surface area contributed by atoms with Crippen LogP contribution in [0.15, 0.2) is 70.7 Å². The maximum Gasteiger partial charge on any atom is 0.256 e. The number of nitrogens with one attached hydrogen (secondary N) is 1. The number of hydrogen-bond donors (Lipinski definition) is 1. The summed E-state index contributed by atoms with van der Waals surface area (Å²) >= 11 is 1.52. The van der Waals surface area contributed by atoms with Crippen molar-refractivity contribution in [2.75, 3.05) is 32.6 Å². The summed E-state index contributed by atoms with van der Waals surface area (Å²) in [5.74, 6) is 0.444. The van der Waals surface area contributed by atoms with Gasteiger partial charge in [0.2, 0.25) is 0 Å². The van der Waals surface area contributed by atoms with E-state index in [1.165, 1.54) is 26.0 Å². The van der Waals surface area contributed by atoms with E-state index in [0.717, 1.165) is 29.2 Å². The van der Waals surface area contributed by atoms with Gasteiger partial charge in [-0.1, -0.05) is 17.8 Å². The molecular weight excluding hydrogens is 450 g/mol. The molecule has 0 bridgehead atoms. The molecule has 2 heterocycles. The number of hydrogen-bond acceptors (Lipinski definition) is 6. The normalized spacial score (nSPS) is 13.3. The van der Waals surface area contributed by atoms with E-state index in [2.05, 4.69) is 10.3 Å². The molecule has 176 valence electrons. The molecule has 0 saturated carbocycles. The zero-order valence-electron chi connectivity index (χ0n) is 19.2. The van der Waals surface area contributed by atoms with E-state index >= 15 is 0 Å². The van der Waals surface area contributed by atoms with Gasteiger partial charge in [-0.05, 0) is 61.7 Å². The zero-order chi connectivity index (χ0) is 23.9. The average Bonchev–Trinajstić information content (AvgIpc) is 2.89. The molecule has 1 aliphatic rings. The monoisotopic (exact) mass is 477 g/mol. The van der Waals surface area contributed by atoms with E-state index in [0.29, 0.717) is 41.4 Å². The molecule has 8 heteroatoms. The molecule has 1 saturated heterocycles. The second-order valence-corrected chi connectivity index (χ2v) is 8.95. The van der Waals surface area contributed by atoms with E-state index in [9.17, 15) is 9.59 Å². The maximum absolute atomic E-state index is 13.3. The molecule has 2 amide bonds. The van der Waals surface area contributed by atoms with Gasteiger partial charge in [0.25, 0.3) is 11.8 Å². The van der Waals surface area contributed by atoms with Gasteiger partial charge in [-0.3, -0.25) is 9.59 Å². The minimum absolute atomic E-state index is 0.127. The van der Waals surface area contributed by atoms with Crippen LogP contribution < -0.4 is 14.8 Å². The van der Waals surface area contributed by atoms with E-state index in [-0.39, 0.29) is 11.8 Å². The van der Waals surface area contributed by atoms with Gasteiger partial charge in [-0.15, -0.1) is 0 Å². The Morgan fingerprint density at radius 3 is 2.29 bits per heavy atom. The largest absolute Gasteiger partial charge is 0.493 e. The highest BCUT2D eigenvalue weighted by atomic mass is 32.2. The summed E-state index contributed by atoms with van der Waals surface area (Å²) in [5, 5.41) is 3.78. The molecule has 1 N–H and O–H groups in total. The first-order valence-electron chi connectivity index (χ1n) is 11.1. The average molecular weight is 478 g/mol. The van der Waals surface area contributed by atoms with Crippen molar-refractivity contribution in [2.45, 2.75) is 29.2 Å². The third-order valence-corrected chi connectivity index (χ3v) is 6.58. The van der Waals surface area contributed by atoms with Crippen LogP contribution in [0.1, 0.15) is 40.0 Å². The number of ether oxygens (including phenoxy) is 2. The van der Waals surface area contributed by atoms with E-state index in [1.54, 1.807) is 30.5 Å². The van der Waals surface area contributed by atoms with Crippen molar-refractivity contribution >= 4 is 29.3 Å². The van der Waals surface area contributed by atoms with E-state index in [4.69, 9.17) is 9.47 Å². The Hall–Kier alpha value is -3.52. The molecule has 1 aliphatic heterocycles. The predicted molar refractivity (Wildman–Crippen MR) is 132 cm³/mol. The first kappa shape index (κ1) is 23.6. The van der Waals surface area contributed by atoms with Crippen LogP contribution in [0.2, 0.25) is 0 Å². The summed E-state index contributed by atoms with van der Waals surface area (Å²) in [6, 6.07) is 16.3. The van der Waals surface area contributed by atoms with Crippen LogP contribution in [-0.2, 0) is 0 Å². The Morgan fingerprint density at radius 2 is 1.65 bits per heavy atom. The number of benzene rings is 2. The minimum Gasteiger partial charge on any atom is -0.493 e. The summed E-state index contributed by atoms with van der Waals surface area (Å²) < 4.78 is 10.8. The Morgan fingerprint density at radius 1 is 0.941 bits per heavy atom. The second kappa shape index (κ2) is 11.1. The van der Waals surface area contributed by atoms with Crippen molar-refractivity contribution in [3.05, 3.63) is 71.9 Å². The molecule has 0 unspecified atom stereocenters. The lowest BCUT2D eigenvalue weighted by atomic mass is 10.1. The third kappa shape index (κ3) is 5.51. The van der Waals surface area contributed by atoms with Gasteiger partial charge >= 0.3 is 0 Å². The fourth-order valence-electron chi connectivity index (χ4n) is 3.82. The van der Waals surface area contributed by atoms with Crippen molar-refractivity contribution in [2.24, 2.45) is 0 Å². The molecule has 4 rings (SSSR count). The van der Waals surface area contributed by atoms with Gasteiger partial charge in [0, 0.05) is 35.8 Å². The standard InChI is InChI=1S/C26H27N3O4S/c1-32-22-16-20(26(31)29-14-6-3-7-15-29)21(17-23(22)33-2)28-25(30)18-9-11-19(12-10-18)34-24-8-4-5-13-27-24/h4-5,8-13,16-17H,3,6-7,14-15H2,1-2H3,(H,28,30). The topological polar surface area (TPSA) is 80.8 Å². The first-order valence-corrected chi connectivity index (χ1v) is 12.0. The number of carbonyl (C=O) groups excluding carboxylic acids is 2. The van der Waals surface area contributed by atoms with Gasteiger partial charge in [0.05, 0.1) is 25.5 Å².